The maximum atomic E-state index is 12.7. The smallest absolute Gasteiger partial charge is 0.293 e. The van der Waals surface area contributed by atoms with Crippen molar-refractivity contribution in [2.24, 2.45) is 11.8 Å². The van der Waals surface area contributed by atoms with Crippen LogP contribution in [0.1, 0.15) is 52.5 Å². The Morgan fingerprint density at radius 2 is 2.00 bits per heavy atom. The Bertz CT molecular complexity index is 746. The number of aryl methyl sites for hydroxylation is 1. The molecule has 1 saturated heterocycles. The van der Waals surface area contributed by atoms with Crippen molar-refractivity contribution in [3.8, 4) is 0 Å². The van der Waals surface area contributed by atoms with Crippen LogP contribution in [0, 0.1) is 18.8 Å². The molecule has 1 heterocycles. The van der Waals surface area contributed by atoms with Crippen LogP contribution < -0.4 is 5.32 Å². The molecule has 3 rings (SSSR count). The van der Waals surface area contributed by atoms with E-state index >= 15 is 0 Å². The number of allylic oxidation sites excluding steroid dienone is 4. The van der Waals surface area contributed by atoms with Crippen LogP contribution in [0.25, 0.3) is 0 Å². The van der Waals surface area contributed by atoms with Gasteiger partial charge in [0, 0.05) is 25.6 Å². The second-order valence-corrected chi connectivity index (χ2v) is 9.04. The van der Waals surface area contributed by atoms with Gasteiger partial charge in [-0.05, 0) is 83.3 Å². The number of ether oxygens (including phenoxy) is 1. The van der Waals surface area contributed by atoms with E-state index in [9.17, 15) is 13.6 Å². The molecule has 1 aromatic carbocycles. The van der Waals surface area contributed by atoms with Gasteiger partial charge in [0.25, 0.3) is 6.47 Å². The predicted molar refractivity (Wildman–Crippen MR) is 136 cm³/mol. The van der Waals surface area contributed by atoms with E-state index in [4.69, 9.17) is 11.6 Å². The lowest BCUT2D eigenvalue weighted by Gasteiger charge is -2.12. The van der Waals surface area contributed by atoms with Gasteiger partial charge < -0.3 is 15.0 Å². The van der Waals surface area contributed by atoms with Crippen molar-refractivity contribution in [3.05, 3.63) is 52.6 Å². The Balaban J connectivity index is 0.000000424. The number of likely N-dealkylation sites (tertiary alicyclic amines) is 1. The topological polar surface area (TPSA) is 41.6 Å². The first kappa shape index (κ1) is 31.1. The van der Waals surface area contributed by atoms with Crippen LogP contribution in [-0.2, 0) is 9.53 Å². The summed E-state index contributed by atoms with van der Waals surface area (Å²) in [6.07, 6.45) is 5.07. The van der Waals surface area contributed by atoms with Gasteiger partial charge in [-0.25, -0.2) is 8.78 Å². The van der Waals surface area contributed by atoms with E-state index in [-0.39, 0.29) is 17.8 Å². The van der Waals surface area contributed by atoms with Crippen molar-refractivity contribution in [3.63, 3.8) is 0 Å². The average Bonchev–Trinajstić information content (AvgIpc) is 3.12. The summed E-state index contributed by atoms with van der Waals surface area (Å²) in [5.74, 6) is 0.106. The maximum absolute atomic E-state index is 12.7. The molecule has 2 atom stereocenters. The molecule has 188 valence electrons. The number of rotatable bonds is 4. The summed E-state index contributed by atoms with van der Waals surface area (Å²) in [5, 5.41) is 3.77. The number of nitrogens with one attached hydrogen (secondary N) is 1. The molecule has 0 spiro atoms. The second kappa shape index (κ2) is 17.5. The summed E-state index contributed by atoms with van der Waals surface area (Å²) in [6, 6.07) is 5.93. The van der Waals surface area contributed by atoms with Crippen molar-refractivity contribution in [1.82, 2.24) is 4.90 Å². The van der Waals surface area contributed by atoms with E-state index in [0.29, 0.717) is 12.9 Å². The normalized spacial score (nSPS) is 19.5. The van der Waals surface area contributed by atoms with E-state index in [1.165, 1.54) is 31.1 Å². The predicted octanol–water partition coefficient (Wildman–Crippen LogP) is 7.34. The maximum Gasteiger partial charge on any atom is 0.293 e. The highest BCUT2D eigenvalue weighted by atomic mass is 35.5. The van der Waals surface area contributed by atoms with Crippen LogP contribution in [0.4, 0.5) is 14.5 Å². The SMILES string of the molecule is CC(C)OC=O.CC1CCN(C)C1.CCC1CC=C(F)C=C1F.CNc1ccc(C)cc1Cl. The Morgan fingerprint density at radius 3 is 2.33 bits per heavy atom. The van der Waals surface area contributed by atoms with Gasteiger partial charge in [-0.2, -0.15) is 0 Å². The van der Waals surface area contributed by atoms with E-state index in [0.717, 1.165) is 29.1 Å². The first-order chi connectivity index (χ1) is 15.5. The fourth-order valence-corrected chi connectivity index (χ4v) is 3.46. The Kier molecular flexibility index (Phi) is 16.5. The van der Waals surface area contributed by atoms with Crippen molar-refractivity contribution in [2.45, 2.75) is 60.0 Å². The number of hydrogen-bond acceptors (Lipinski definition) is 4. The van der Waals surface area contributed by atoms with Crippen LogP contribution in [-0.4, -0.2) is 44.7 Å². The van der Waals surface area contributed by atoms with Crippen molar-refractivity contribution >= 4 is 23.8 Å². The zero-order chi connectivity index (χ0) is 25.4. The molecule has 4 nitrogen and oxygen atoms in total. The molecule has 7 heteroatoms. The van der Waals surface area contributed by atoms with Gasteiger partial charge in [-0.1, -0.05) is 31.5 Å². The van der Waals surface area contributed by atoms with Gasteiger partial charge >= 0.3 is 0 Å². The van der Waals surface area contributed by atoms with Crippen molar-refractivity contribution in [2.75, 3.05) is 32.5 Å². The van der Waals surface area contributed by atoms with Crippen LogP contribution in [0.2, 0.25) is 5.02 Å². The molecule has 0 radical (unpaired) electrons. The molecule has 0 saturated carbocycles. The first-order valence-corrected chi connectivity index (χ1v) is 11.9. The first-order valence-electron chi connectivity index (χ1n) is 11.5. The lowest BCUT2D eigenvalue weighted by molar-refractivity contribution is -0.131. The third-order valence-electron chi connectivity index (χ3n) is 5.10. The number of nitrogens with zero attached hydrogens (tertiary/aromatic N) is 1. The zero-order valence-electron chi connectivity index (χ0n) is 21.1. The Hall–Kier alpha value is -1.92. The summed E-state index contributed by atoms with van der Waals surface area (Å²) < 4.78 is 29.3. The molecular weight excluding hydrogens is 446 g/mol. The molecule has 1 aromatic rings. The van der Waals surface area contributed by atoms with Crippen LogP contribution in [0.5, 0.6) is 0 Å². The summed E-state index contributed by atoms with van der Waals surface area (Å²) in [4.78, 5) is 11.8. The molecule has 2 aliphatic rings. The largest absolute Gasteiger partial charge is 0.465 e. The molecule has 0 bridgehead atoms. The van der Waals surface area contributed by atoms with Crippen molar-refractivity contribution in [1.29, 1.82) is 0 Å². The highest BCUT2D eigenvalue weighted by Crippen LogP contribution is 2.27. The number of benzene rings is 1. The molecule has 1 aliphatic carbocycles. The molecule has 2 unspecified atom stereocenters. The number of hydrogen-bond donors (Lipinski definition) is 1. The average molecular weight is 487 g/mol. The lowest BCUT2D eigenvalue weighted by Crippen LogP contribution is -2.12. The monoisotopic (exact) mass is 486 g/mol. The summed E-state index contributed by atoms with van der Waals surface area (Å²) in [7, 11) is 4.04. The van der Waals surface area contributed by atoms with E-state index < -0.39 is 5.83 Å². The van der Waals surface area contributed by atoms with Gasteiger partial charge in [0.05, 0.1) is 16.8 Å². The minimum Gasteiger partial charge on any atom is -0.465 e. The summed E-state index contributed by atoms with van der Waals surface area (Å²) >= 11 is 5.87. The molecular formula is C26H41ClF2N2O2. The molecule has 0 aromatic heterocycles. The number of carbonyl (C=O) groups excluding carboxylic acids is 1. The number of carbonyl (C=O) groups is 1. The van der Waals surface area contributed by atoms with Gasteiger partial charge in [0.15, 0.2) is 0 Å². The van der Waals surface area contributed by atoms with Crippen LogP contribution >= 0.6 is 11.6 Å². The Labute approximate surface area is 204 Å². The quantitative estimate of drug-likeness (QED) is 0.452. The highest BCUT2D eigenvalue weighted by molar-refractivity contribution is 6.33. The Morgan fingerprint density at radius 1 is 1.33 bits per heavy atom. The van der Waals surface area contributed by atoms with Crippen molar-refractivity contribution < 1.29 is 18.3 Å². The third-order valence-corrected chi connectivity index (χ3v) is 5.42. The molecule has 1 fully saturated rings. The van der Waals surface area contributed by atoms with E-state index in [2.05, 4.69) is 28.9 Å². The zero-order valence-corrected chi connectivity index (χ0v) is 21.9. The van der Waals surface area contributed by atoms with Gasteiger partial charge in [-0.3, -0.25) is 4.79 Å². The summed E-state index contributed by atoms with van der Waals surface area (Å²) in [5.41, 5.74) is 2.16. The van der Waals surface area contributed by atoms with Crippen LogP contribution in [0.15, 0.2) is 42.0 Å². The standard InChI is InChI=1S/C8H10ClN.C8H10F2.C6H13N.C4H8O2/c1-6-3-4-8(10-2)7(9)5-6;1-2-6-3-4-7(9)5-8(6)10;1-6-3-4-7(2)5-6;1-4(2)6-3-5/h3-5,10H,1-2H3;4-6H,2-3H2,1H3;6H,3-5H2,1-2H3;3-4H,1-2H3. The van der Waals surface area contributed by atoms with Gasteiger partial charge in [0.2, 0.25) is 0 Å². The third kappa shape index (κ3) is 14.8. The lowest BCUT2D eigenvalue weighted by atomic mass is 9.97. The fraction of sp³-hybridized carbons (Fsp3) is 0.577. The minimum absolute atomic E-state index is 0.0301. The molecule has 0 amide bonds. The van der Waals surface area contributed by atoms with E-state index in [1.54, 1.807) is 13.8 Å². The van der Waals surface area contributed by atoms with Gasteiger partial charge in [0.1, 0.15) is 11.7 Å². The number of anilines is 1. The molecule has 1 N–H and O–H groups in total. The second-order valence-electron chi connectivity index (χ2n) is 8.63. The van der Waals surface area contributed by atoms with Crippen LogP contribution in [0.3, 0.4) is 0 Å². The fourth-order valence-electron chi connectivity index (χ4n) is 3.13. The van der Waals surface area contributed by atoms with E-state index in [1.807, 2.05) is 39.1 Å². The summed E-state index contributed by atoms with van der Waals surface area (Å²) in [6.45, 7) is 12.9. The minimum atomic E-state index is -0.442. The highest BCUT2D eigenvalue weighted by Gasteiger charge is 2.15. The van der Waals surface area contributed by atoms with Gasteiger partial charge in [-0.15, -0.1) is 0 Å². The molecule has 1 aliphatic heterocycles. The number of halogens is 3. The molecule has 33 heavy (non-hydrogen) atoms.